The van der Waals surface area contributed by atoms with Crippen LogP contribution in [0.3, 0.4) is 0 Å². The predicted molar refractivity (Wildman–Crippen MR) is 91.7 cm³/mol. The maximum absolute atomic E-state index is 12.0. The van der Waals surface area contributed by atoms with E-state index in [0.29, 0.717) is 19.6 Å². The normalized spacial score (nSPS) is 16.0. The summed E-state index contributed by atoms with van der Waals surface area (Å²) in [6.45, 7) is 5.00. The van der Waals surface area contributed by atoms with Gasteiger partial charge >= 0.3 is 0 Å². The van der Waals surface area contributed by atoms with Crippen molar-refractivity contribution in [2.45, 2.75) is 51.5 Å². The van der Waals surface area contributed by atoms with Crippen LogP contribution in [0.5, 0.6) is 5.75 Å². The Labute approximate surface area is 139 Å². The molecule has 2 rings (SSSR count). The number of ether oxygens (including phenoxy) is 1. The number of nitrogens with two attached hydrogens (primary N) is 1. The van der Waals surface area contributed by atoms with E-state index in [9.17, 15) is 4.79 Å². The number of halogens is 1. The maximum atomic E-state index is 12.0. The third kappa shape index (κ3) is 5.18. The van der Waals surface area contributed by atoms with Crippen LogP contribution in [0.4, 0.5) is 0 Å². The SMILES string of the molecule is Cc1cc(C)cc(OCCC(=O)NC2(CN)CCCC2)c1.Cl. The molecule has 0 spiro atoms. The van der Waals surface area contributed by atoms with Gasteiger partial charge in [0.25, 0.3) is 0 Å². The van der Waals surface area contributed by atoms with Crippen molar-refractivity contribution in [1.82, 2.24) is 5.32 Å². The van der Waals surface area contributed by atoms with Gasteiger partial charge in [0.2, 0.25) is 5.91 Å². The standard InChI is InChI=1S/C17H26N2O2.ClH/c1-13-9-14(2)11-15(10-13)21-8-5-16(20)19-17(12-18)6-3-4-7-17;/h9-11H,3-8,12,18H2,1-2H3,(H,19,20);1H. The lowest BCUT2D eigenvalue weighted by molar-refractivity contribution is -0.123. The molecule has 0 aliphatic heterocycles. The third-order valence-electron chi connectivity index (χ3n) is 4.15. The van der Waals surface area contributed by atoms with Crippen LogP contribution in [0.1, 0.15) is 43.2 Å². The number of nitrogens with one attached hydrogen (secondary N) is 1. The van der Waals surface area contributed by atoms with Gasteiger partial charge in [-0.05, 0) is 49.9 Å². The Balaban J connectivity index is 0.00000242. The van der Waals surface area contributed by atoms with Gasteiger partial charge in [-0.1, -0.05) is 18.9 Å². The molecule has 1 saturated carbocycles. The number of carbonyl (C=O) groups is 1. The summed E-state index contributed by atoms with van der Waals surface area (Å²) in [7, 11) is 0. The Hall–Kier alpha value is -1.26. The Morgan fingerprint density at radius 3 is 2.36 bits per heavy atom. The zero-order valence-electron chi connectivity index (χ0n) is 13.5. The number of aryl methyl sites for hydroxylation is 2. The Morgan fingerprint density at radius 2 is 1.82 bits per heavy atom. The van der Waals surface area contributed by atoms with Crippen molar-refractivity contribution >= 4 is 18.3 Å². The fraction of sp³-hybridized carbons (Fsp3) is 0.588. The van der Waals surface area contributed by atoms with Crippen molar-refractivity contribution in [1.29, 1.82) is 0 Å². The van der Waals surface area contributed by atoms with Crippen molar-refractivity contribution in [3.63, 3.8) is 0 Å². The van der Waals surface area contributed by atoms with E-state index in [0.717, 1.165) is 31.4 Å². The smallest absolute Gasteiger partial charge is 0.223 e. The maximum Gasteiger partial charge on any atom is 0.223 e. The average Bonchev–Trinajstić information content (AvgIpc) is 2.86. The highest BCUT2D eigenvalue weighted by Crippen LogP contribution is 2.28. The first kappa shape index (κ1) is 18.8. The first-order valence-corrected chi connectivity index (χ1v) is 7.75. The first-order chi connectivity index (χ1) is 10.0. The zero-order valence-corrected chi connectivity index (χ0v) is 14.3. The number of rotatable bonds is 6. The molecule has 0 radical (unpaired) electrons. The second kappa shape index (κ2) is 8.39. The van der Waals surface area contributed by atoms with Crippen molar-refractivity contribution in [2.24, 2.45) is 5.73 Å². The Morgan fingerprint density at radius 1 is 1.23 bits per heavy atom. The first-order valence-electron chi connectivity index (χ1n) is 7.75. The third-order valence-corrected chi connectivity index (χ3v) is 4.15. The van der Waals surface area contributed by atoms with E-state index in [1.54, 1.807) is 0 Å². The highest BCUT2D eigenvalue weighted by Gasteiger charge is 2.33. The van der Waals surface area contributed by atoms with Crippen molar-refractivity contribution in [3.8, 4) is 5.75 Å². The number of hydrogen-bond acceptors (Lipinski definition) is 3. The topological polar surface area (TPSA) is 64.3 Å². The second-order valence-corrected chi connectivity index (χ2v) is 6.16. The molecule has 4 nitrogen and oxygen atoms in total. The number of hydrogen-bond donors (Lipinski definition) is 2. The Kier molecular flexibility index (Phi) is 7.17. The minimum atomic E-state index is -0.170. The lowest BCUT2D eigenvalue weighted by Gasteiger charge is -2.28. The summed E-state index contributed by atoms with van der Waals surface area (Å²) in [6.07, 6.45) is 4.65. The lowest BCUT2D eigenvalue weighted by atomic mass is 9.98. The quantitative estimate of drug-likeness (QED) is 0.845. The molecule has 1 aromatic rings. The van der Waals surface area contributed by atoms with Crippen molar-refractivity contribution < 1.29 is 9.53 Å². The minimum Gasteiger partial charge on any atom is -0.493 e. The van der Waals surface area contributed by atoms with E-state index >= 15 is 0 Å². The summed E-state index contributed by atoms with van der Waals surface area (Å²) in [5.41, 5.74) is 7.99. The summed E-state index contributed by atoms with van der Waals surface area (Å²) >= 11 is 0. The van der Waals surface area contributed by atoms with Crippen LogP contribution >= 0.6 is 12.4 Å². The fourth-order valence-corrected chi connectivity index (χ4v) is 3.07. The largest absolute Gasteiger partial charge is 0.493 e. The minimum absolute atomic E-state index is 0. The van der Waals surface area contributed by atoms with Gasteiger partial charge in [0.15, 0.2) is 0 Å². The number of amides is 1. The van der Waals surface area contributed by atoms with Crippen LogP contribution in [0.15, 0.2) is 18.2 Å². The molecule has 124 valence electrons. The highest BCUT2D eigenvalue weighted by molar-refractivity contribution is 5.85. The van der Waals surface area contributed by atoms with E-state index in [1.165, 1.54) is 11.1 Å². The molecule has 0 unspecified atom stereocenters. The van der Waals surface area contributed by atoms with Crippen molar-refractivity contribution in [2.75, 3.05) is 13.2 Å². The van der Waals surface area contributed by atoms with Crippen LogP contribution in [0.2, 0.25) is 0 Å². The van der Waals surface area contributed by atoms with Gasteiger partial charge in [-0.3, -0.25) is 4.79 Å². The van der Waals surface area contributed by atoms with Gasteiger partial charge in [0, 0.05) is 6.54 Å². The number of carbonyl (C=O) groups excluding carboxylic acids is 1. The van der Waals surface area contributed by atoms with E-state index in [4.69, 9.17) is 10.5 Å². The molecule has 22 heavy (non-hydrogen) atoms. The van der Waals surface area contributed by atoms with Crippen LogP contribution in [-0.4, -0.2) is 24.6 Å². The molecular formula is C17H27ClN2O2. The van der Waals surface area contributed by atoms with E-state index in [-0.39, 0.29) is 23.9 Å². The molecule has 0 heterocycles. The molecule has 1 aliphatic rings. The van der Waals surface area contributed by atoms with Crippen LogP contribution in [0.25, 0.3) is 0 Å². The summed E-state index contributed by atoms with van der Waals surface area (Å²) in [5.74, 6) is 0.862. The second-order valence-electron chi connectivity index (χ2n) is 6.16. The summed E-state index contributed by atoms with van der Waals surface area (Å²) in [6, 6.07) is 6.08. The van der Waals surface area contributed by atoms with Gasteiger partial charge in [0.1, 0.15) is 5.75 Å². The molecular weight excluding hydrogens is 300 g/mol. The summed E-state index contributed by atoms with van der Waals surface area (Å²) < 4.78 is 5.68. The molecule has 0 atom stereocenters. The molecule has 5 heteroatoms. The lowest BCUT2D eigenvalue weighted by Crippen LogP contribution is -2.51. The fourth-order valence-electron chi connectivity index (χ4n) is 3.07. The summed E-state index contributed by atoms with van der Waals surface area (Å²) in [5, 5.41) is 3.11. The molecule has 1 fully saturated rings. The molecule has 0 saturated heterocycles. The monoisotopic (exact) mass is 326 g/mol. The zero-order chi connectivity index (χ0) is 15.3. The van der Waals surface area contributed by atoms with Gasteiger partial charge in [-0.25, -0.2) is 0 Å². The van der Waals surface area contributed by atoms with E-state index < -0.39 is 0 Å². The molecule has 0 aromatic heterocycles. The molecule has 1 aliphatic carbocycles. The van der Waals surface area contributed by atoms with Gasteiger partial charge in [0.05, 0.1) is 18.6 Å². The molecule has 1 amide bonds. The van der Waals surface area contributed by atoms with Crippen LogP contribution in [-0.2, 0) is 4.79 Å². The van der Waals surface area contributed by atoms with Gasteiger partial charge < -0.3 is 15.8 Å². The molecule has 1 aromatic carbocycles. The van der Waals surface area contributed by atoms with Gasteiger partial charge in [-0.2, -0.15) is 0 Å². The Bertz CT molecular complexity index is 479. The average molecular weight is 327 g/mol. The highest BCUT2D eigenvalue weighted by atomic mass is 35.5. The van der Waals surface area contributed by atoms with Crippen molar-refractivity contribution in [3.05, 3.63) is 29.3 Å². The molecule has 0 bridgehead atoms. The van der Waals surface area contributed by atoms with E-state index in [2.05, 4.69) is 11.4 Å². The summed E-state index contributed by atoms with van der Waals surface area (Å²) in [4.78, 5) is 12.0. The van der Waals surface area contributed by atoms with E-state index in [1.807, 2.05) is 26.0 Å². The van der Waals surface area contributed by atoms with Gasteiger partial charge in [-0.15, -0.1) is 12.4 Å². The number of benzene rings is 1. The van der Waals surface area contributed by atoms with Crippen LogP contribution < -0.4 is 15.8 Å². The molecule has 3 N–H and O–H groups in total. The predicted octanol–water partition coefficient (Wildman–Crippen LogP) is 2.88. The van der Waals surface area contributed by atoms with Crippen LogP contribution in [0, 0.1) is 13.8 Å².